The van der Waals surface area contributed by atoms with Crippen molar-refractivity contribution in [3.63, 3.8) is 0 Å². The van der Waals surface area contributed by atoms with Crippen molar-refractivity contribution >= 4 is 16.8 Å². The molecule has 0 aliphatic heterocycles. The first-order valence-corrected chi connectivity index (χ1v) is 6.11. The van der Waals surface area contributed by atoms with Crippen LogP contribution in [0.25, 0.3) is 22.5 Å². The van der Waals surface area contributed by atoms with E-state index in [0.717, 1.165) is 22.5 Å². The molecular weight excluding hydrogens is 236 g/mol. The Morgan fingerprint density at radius 3 is 2.68 bits per heavy atom. The van der Waals surface area contributed by atoms with Crippen molar-refractivity contribution in [3.8, 4) is 5.69 Å². The molecule has 0 unspecified atom stereocenters. The van der Waals surface area contributed by atoms with Crippen LogP contribution < -0.4 is 4.57 Å². The largest absolute Gasteiger partial charge is 0.277 e. The normalized spacial score (nSPS) is 11.2. The third kappa shape index (κ3) is 1.57. The smallest absolute Gasteiger partial charge is 0.245 e. The van der Waals surface area contributed by atoms with E-state index >= 15 is 0 Å². The monoisotopic (exact) mass is 247 g/mol. The molecule has 90 valence electrons. The van der Waals surface area contributed by atoms with Crippen molar-refractivity contribution in [1.29, 1.82) is 0 Å². The molecule has 4 heteroatoms. The Bertz CT molecular complexity index is 865. The lowest BCUT2D eigenvalue weighted by Gasteiger charge is -1.97. The molecule has 4 rings (SSSR count). The Morgan fingerprint density at radius 2 is 1.79 bits per heavy atom. The van der Waals surface area contributed by atoms with Gasteiger partial charge < -0.3 is 0 Å². The fourth-order valence-electron chi connectivity index (χ4n) is 2.24. The van der Waals surface area contributed by atoms with E-state index in [1.807, 2.05) is 64.0 Å². The first-order valence-electron chi connectivity index (χ1n) is 6.11. The van der Waals surface area contributed by atoms with Crippen LogP contribution in [0.4, 0.5) is 0 Å². The number of hydrogen-bond donors (Lipinski definition) is 0. The molecule has 0 aliphatic carbocycles. The summed E-state index contributed by atoms with van der Waals surface area (Å²) in [4.78, 5) is 8.92. The highest BCUT2D eigenvalue weighted by atomic mass is 15.1. The summed E-state index contributed by atoms with van der Waals surface area (Å²) >= 11 is 0. The Labute approximate surface area is 109 Å². The Morgan fingerprint density at radius 1 is 0.947 bits per heavy atom. The molecule has 1 aromatic carbocycles. The van der Waals surface area contributed by atoms with E-state index in [-0.39, 0.29) is 0 Å². The fourth-order valence-corrected chi connectivity index (χ4v) is 2.24. The average molecular weight is 247 g/mol. The molecule has 0 saturated heterocycles. The van der Waals surface area contributed by atoms with Gasteiger partial charge in [-0.25, -0.2) is 9.97 Å². The van der Waals surface area contributed by atoms with Crippen molar-refractivity contribution in [1.82, 2.24) is 14.4 Å². The molecule has 0 atom stereocenters. The minimum atomic E-state index is 0.724. The maximum Gasteiger partial charge on any atom is 0.245 e. The summed E-state index contributed by atoms with van der Waals surface area (Å²) in [7, 11) is 0. The number of rotatable bonds is 1. The van der Waals surface area contributed by atoms with E-state index in [1.165, 1.54) is 0 Å². The zero-order valence-electron chi connectivity index (χ0n) is 10.1. The number of benzene rings is 1. The molecule has 3 heterocycles. The molecule has 3 aromatic heterocycles. The zero-order valence-corrected chi connectivity index (χ0v) is 10.1. The highest BCUT2D eigenvalue weighted by Crippen LogP contribution is 2.15. The van der Waals surface area contributed by atoms with Gasteiger partial charge in [0.1, 0.15) is 6.20 Å². The Balaban J connectivity index is 2.03. The molecule has 0 bridgehead atoms. The lowest BCUT2D eigenvalue weighted by Crippen LogP contribution is -2.29. The second-order valence-electron chi connectivity index (χ2n) is 4.37. The van der Waals surface area contributed by atoms with E-state index in [0.29, 0.717) is 0 Å². The third-order valence-corrected chi connectivity index (χ3v) is 3.16. The summed E-state index contributed by atoms with van der Waals surface area (Å²) in [6.45, 7) is 0. The maximum atomic E-state index is 4.49. The van der Waals surface area contributed by atoms with E-state index < -0.39 is 0 Å². The summed E-state index contributed by atoms with van der Waals surface area (Å²) in [5.74, 6) is 0.724. The second kappa shape index (κ2) is 3.88. The molecule has 0 fully saturated rings. The van der Waals surface area contributed by atoms with Crippen LogP contribution in [0.5, 0.6) is 0 Å². The van der Waals surface area contributed by atoms with Crippen molar-refractivity contribution in [3.05, 3.63) is 67.3 Å². The number of aromatic nitrogens is 4. The van der Waals surface area contributed by atoms with Crippen LogP contribution in [0, 0.1) is 0 Å². The molecule has 0 saturated carbocycles. The van der Waals surface area contributed by atoms with Crippen LogP contribution >= 0.6 is 0 Å². The quantitative estimate of drug-likeness (QED) is 0.483. The van der Waals surface area contributed by atoms with E-state index in [4.69, 9.17) is 0 Å². The van der Waals surface area contributed by atoms with Gasteiger partial charge in [0.15, 0.2) is 12.4 Å². The molecule has 4 nitrogen and oxygen atoms in total. The summed E-state index contributed by atoms with van der Waals surface area (Å²) in [5, 5.41) is 0. The Kier molecular flexibility index (Phi) is 2.08. The fraction of sp³-hybridized carbons (Fsp3) is 0. The average Bonchev–Trinajstić information content (AvgIpc) is 2.86. The van der Waals surface area contributed by atoms with Gasteiger partial charge in [0.2, 0.25) is 11.5 Å². The van der Waals surface area contributed by atoms with Crippen LogP contribution in [0.2, 0.25) is 0 Å². The predicted octanol–water partition coefficient (Wildman–Crippen LogP) is 2.16. The first-order chi connectivity index (χ1) is 9.42. The van der Waals surface area contributed by atoms with Crippen LogP contribution in [0.3, 0.4) is 0 Å². The molecule has 0 radical (unpaired) electrons. The van der Waals surface area contributed by atoms with Gasteiger partial charge in [-0.05, 0) is 12.1 Å². The summed E-state index contributed by atoms with van der Waals surface area (Å²) in [6.07, 6.45) is 7.89. The molecule has 4 aromatic rings. The number of imidazole rings is 1. The molecule has 19 heavy (non-hydrogen) atoms. The van der Waals surface area contributed by atoms with Crippen LogP contribution in [-0.2, 0) is 0 Å². The molecule has 0 aliphatic rings. The van der Waals surface area contributed by atoms with E-state index in [9.17, 15) is 0 Å². The summed E-state index contributed by atoms with van der Waals surface area (Å²) < 4.78 is 4.05. The molecule has 0 spiro atoms. The topological polar surface area (TPSA) is 34.1 Å². The molecule has 0 N–H and O–H groups in total. The lowest BCUT2D eigenvalue weighted by atomic mass is 10.3. The Hall–Kier alpha value is -2.75. The van der Waals surface area contributed by atoms with Gasteiger partial charge in [0.25, 0.3) is 0 Å². The van der Waals surface area contributed by atoms with E-state index in [1.54, 1.807) is 0 Å². The number of hydrogen-bond acceptors (Lipinski definition) is 2. The lowest BCUT2D eigenvalue weighted by molar-refractivity contribution is -0.596. The van der Waals surface area contributed by atoms with Crippen molar-refractivity contribution in [2.45, 2.75) is 0 Å². The van der Waals surface area contributed by atoms with Gasteiger partial charge in [0, 0.05) is 12.1 Å². The van der Waals surface area contributed by atoms with Crippen molar-refractivity contribution < 1.29 is 4.57 Å². The molecule has 0 amide bonds. The minimum absolute atomic E-state index is 0.724. The van der Waals surface area contributed by atoms with Gasteiger partial charge in [-0.15, -0.1) is 0 Å². The number of pyridine rings is 1. The highest BCUT2D eigenvalue weighted by Gasteiger charge is 2.10. The number of fused-ring (bicyclic) bond motifs is 3. The summed E-state index contributed by atoms with van der Waals surface area (Å²) in [6, 6.07) is 14.0. The SMILES string of the molecule is c1cc[n+](-c2cnc3nc4ccccc4n3c2)cc1. The number of para-hydroxylation sites is 2. The van der Waals surface area contributed by atoms with Gasteiger partial charge in [-0.2, -0.15) is 4.57 Å². The second-order valence-corrected chi connectivity index (χ2v) is 4.37. The summed E-state index contributed by atoms with van der Waals surface area (Å²) in [5.41, 5.74) is 3.05. The van der Waals surface area contributed by atoms with Crippen molar-refractivity contribution in [2.24, 2.45) is 0 Å². The van der Waals surface area contributed by atoms with Gasteiger partial charge in [-0.3, -0.25) is 4.40 Å². The van der Waals surface area contributed by atoms with Gasteiger partial charge in [-0.1, -0.05) is 18.2 Å². The highest BCUT2D eigenvalue weighted by molar-refractivity contribution is 5.79. The van der Waals surface area contributed by atoms with Crippen LogP contribution in [0.1, 0.15) is 0 Å². The van der Waals surface area contributed by atoms with Gasteiger partial charge >= 0.3 is 0 Å². The molecular formula is C15H11N4+. The van der Waals surface area contributed by atoms with E-state index in [2.05, 4.69) is 22.2 Å². The van der Waals surface area contributed by atoms with Crippen LogP contribution in [0.15, 0.2) is 67.3 Å². The zero-order chi connectivity index (χ0) is 12.7. The van der Waals surface area contributed by atoms with Crippen LogP contribution in [-0.4, -0.2) is 14.4 Å². The van der Waals surface area contributed by atoms with Crippen molar-refractivity contribution in [2.75, 3.05) is 0 Å². The third-order valence-electron chi connectivity index (χ3n) is 3.16. The standard InChI is InChI=1S/C15H11N4/c1-4-8-18(9-5-1)12-10-16-15-17-13-6-2-3-7-14(13)19(15)11-12/h1-11H/q+1. The van der Waals surface area contributed by atoms with Gasteiger partial charge in [0.05, 0.1) is 17.2 Å². The minimum Gasteiger partial charge on any atom is -0.277 e. The predicted molar refractivity (Wildman–Crippen MR) is 72.0 cm³/mol. The maximum absolute atomic E-state index is 4.49. The first kappa shape index (κ1) is 10.2. The number of nitrogens with zero attached hydrogens (tertiary/aromatic N) is 4.